The Morgan fingerprint density at radius 1 is 0.656 bits per heavy atom. The van der Waals surface area contributed by atoms with E-state index < -0.39 is 19.1 Å². The molecule has 19 heteroatoms. The van der Waals surface area contributed by atoms with Crippen LogP contribution in [0.1, 0.15) is 63.5 Å². The van der Waals surface area contributed by atoms with E-state index >= 15 is 0 Å². The molecule has 0 aliphatic carbocycles. The van der Waals surface area contributed by atoms with Crippen LogP contribution in [0.25, 0.3) is 0 Å². The number of carbonyl (C=O) groups is 2. The van der Waals surface area contributed by atoms with Gasteiger partial charge in [0, 0.05) is 96.8 Å². The zero-order chi connectivity index (χ0) is 46.3. The number of sulfonamides is 1. The molecule has 0 aromatic heterocycles. The number of halogens is 4. The summed E-state index contributed by atoms with van der Waals surface area (Å²) in [4.78, 5) is 32.9. The number of hydrogen-bond acceptors (Lipinski definition) is 10. The molecule has 2 unspecified atom stereocenters. The summed E-state index contributed by atoms with van der Waals surface area (Å²) in [6.45, 7) is 17.1. The summed E-state index contributed by atoms with van der Waals surface area (Å²) >= 11 is 12.1. The Bertz CT molecular complexity index is 1990. The average molecular weight is 1010 g/mol. The molecule has 0 bridgehead atoms. The first-order valence-electron chi connectivity index (χ1n) is 21.7. The third-order valence-electron chi connectivity index (χ3n) is 12.0. The van der Waals surface area contributed by atoms with Gasteiger partial charge in [-0.1, -0.05) is 79.7 Å². The molecule has 2 aromatic rings. The van der Waals surface area contributed by atoms with E-state index in [-0.39, 0.29) is 49.9 Å². The molecule has 2 aromatic carbocycles. The minimum absolute atomic E-state index is 0. The van der Waals surface area contributed by atoms with E-state index in [0.717, 1.165) is 80.9 Å². The van der Waals surface area contributed by atoms with Crippen molar-refractivity contribution in [3.05, 3.63) is 95.0 Å². The largest absolute Gasteiger partial charge is 0.445 e. The highest BCUT2D eigenvalue weighted by atomic mass is 35.7. The lowest BCUT2D eigenvalue weighted by Crippen LogP contribution is -2.63. The van der Waals surface area contributed by atoms with E-state index in [4.69, 9.17) is 32.7 Å². The topological polar surface area (TPSA) is 137 Å². The molecule has 4 saturated heterocycles. The molecule has 0 spiro atoms. The molecular formula is C45H67Cl4N5O8S2. The Morgan fingerprint density at radius 3 is 1.44 bits per heavy atom. The van der Waals surface area contributed by atoms with E-state index in [1.165, 1.54) is 24.7 Å². The number of benzene rings is 2. The standard InChI is InChI=1S/C22H32ClN3O4S.C22H31ClN2O2.CH3ClO2S.ClH/c1-4-13-30-22(27)24-11-9-20(10-12-24)25-15-17(2)26(31(3,28)29)16-21(25)14-18-5-7-19(23)8-6-18;1-3-14-27-22(26)24-12-10-20(11-13-24)25-16-17(2)4-9-21(25)15-18-5-7-19(23)8-6-18;1-5(2,3)4;/h4-8,17,20-21H,1,9-16H2,2-3H3;3,5-8,17,20-21H,1,4,9-16H2,2H3;1H3;1H/t2*17-,21?;;/m01../s1. The third-order valence-corrected chi connectivity index (χ3v) is 13.9. The Hall–Kier alpha value is -2.60. The van der Waals surface area contributed by atoms with Gasteiger partial charge in [0.1, 0.15) is 13.2 Å². The number of hydrogen-bond donors (Lipinski definition) is 0. The maximum Gasteiger partial charge on any atom is 0.410 e. The summed E-state index contributed by atoms with van der Waals surface area (Å²) in [7, 11) is -1.97. The number of amides is 2. The highest BCUT2D eigenvalue weighted by molar-refractivity contribution is 8.13. The van der Waals surface area contributed by atoms with Gasteiger partial charge in [-0.15, -0.1) is 12.4 Å². The predicted molar refractivity (Wildman–Crippen MR) is 261 cm³/mol. The fourth-order valence-electron chi connectivity index (χ4n) is 9.03. The van der Waals surface area contributed by atoms with Crippen molar-refractivity contribution in [3.8, 4) is 0 Å². The second kappa shape index (κ2) is 26.7. The first kappa shape index (κ1) is 55.7. The highest BCUT2D eigenvalue weighted by Crippen LogP contribution is 2.31. The molecule has 0 saturated carbocycles. The van der Waals surface area contributed by atoms with Gasteiger partial charge in [0.05, 0.1) is 12.5 Å². The van der Waals surface area contributed by atoms with Gasteiger partial charge in [0.2, 0.25) is 19.1 Å². The Kier molecular flexibility index (Phi) is 23.2. The minimum Gasteiger partial charge on any atom is -0.445 e. The van der Waals surface area contributed by atoms with Gasteiger partial charge >= 0.3 is 12.2 Å². The van der Waals surface area contributed by atoms with Crippen LogP contribution in [0, 0.1) is 5.92 Å². The molecule has 64 heavy (non-hydrogen) atoms. The molecule has 4 aliphatic heterocycles. The number of piperazine rings is 1. The van der Waals surface area contributed by atoms with Crippen LogP contribution < -0.4 is 0 Å². The smallest absolute Gasteiger partial charge is 0.410 e. The Morgan fingerprint density at radius 2 is 1.05 bits per heavy atom. The SMILES string of the molecule is C=CCOC(=O)N1CCC(N2C[C@H](C)CCC2Cc2ccc(Cl)cc2)CC1.C=CCOC(=O)N1CCC(N2C[C@H](C)N(S(C)(=O)=O)CC2Cc2ccc(Cl)cc2)CC1.CS(=O)(=O)Cl.Cl. The van der Waals surface area contributed by atoms with E-state index in [1.54, 1.807) is 21.4 Å². The van der Waals surface area contributed by atoms with Gasteiger partial charge in [0.15, 0.2) is 0 Å². The molecule has 2 amide bonds. The Balaban J connectivity index is 0.000000306. The zero-order valence-electron chi connectivity index (χ0n) is 37.5. The molecule has 0 radical (unpaired) electrons. The van der Waals surface area contributed by atoms with Gasteiger partial charge in [0.25, 0.3) is 0 Å². The number of nitrogens with zero attached hydrogens (tertiary/aromatic N) is 5. The first-order chi connectivity index (χ1) is 29.7. The fraction of sp³-hybridized carbons (Fsp3) is 0.600. The molecule has 13 nitrogen and oxygen atoms in total. The van der Waals surface area contributed by atoms with Crippen LogP contribution >= 0.6 is 46.3 Å². The van der Waals surface area contributed by atoms with Crippen molar-refractivity contribution in [1.29, 1.82) is 0 Å². The number of ether oxygens (including phenoxy) is 2. The highest BCUT2D eigenvalue weighted by Gasteiger charge is 2.40. The normalized spacial score (nSPS) is 23.0. The Labute approximate surface area is 402 Å². The lowest BCUT2D eigenvalue weighted by molar-refractivity contribution is 0.0167. The van der Waals surface area contributed by atoms with E-state index in [2.05, 4.69) is 52.7 Å². The quantitative estimate of drug-likeness (QED) is 0.160. The second-order valence-electron chi connectivity index (χ2n) is 17.1. The van der Waals surface area contributed by atoms with Crippen molar-refractivity contribution >= 4 is 77.6 Å². The average Bonchev–Trinajstić information content (AvgIpc) is 3.24. The summed E-state index contributed by atoms with van der Waals surface area (Å²) in [6, 6.07) is 17.4. The lowest BCUT2D eigenvalue weighted by Gasteiger charge is -2.49. The van der Waals surface area contributed by atoms with Crippen LogP contribution in [0.4, 0.5) is 9.59 Å². The molecule has 4 heterocycles. The van der Waals surface area contributed by atoms with Crippen molar-refractivity contribution in [2.75, 3.05) is 71.5 Å². The van der Waals surface area contributed by atoms with Gasteiger partial charge in [-0.25, -0.2) is 26.4 Å². The van der Waals surface area contributed by atoms with Crippen molar-refractivity contribution in [1.82, 2.24) is 23.9 Å². The van der Waals surface area contributed by atoms with Crippen LogP contribution in [0.3, 0.4) is 0 Å². The van der Waals surface area contributed by atoms with Crippen molar-refractivity contribution < 1.29 is 35.9 Å². The van der Waals surface area contributed by atoms with Crippen molar-refractivity contribution in [2.45, 2.75) is 95.4 Å². The molecule has 4 fully saturated rings. The van der Waals surface area contributed by atoms with E-state index in [1.807, 2.05) is 48.2 Å². The molecule has 0 N–H and O–H groups in total. The van der Waals surface area contributed by atoms with Crippen molar-refractivity contribution in [2.24, 2.45) is 5.92 Å². The number of rotatable bonds is 11. The minimum atomic E-state index is -3.28. The van der Waals surface area contributed by atoms with Crippen LogP contribution in [0.5, 0.6) is 0 Å². The second-order valence-corrected chi connectivity index (χ2v) is 22.9. The van der Waals surface area contributed by atoms with E-state index in [9.17, 15) is 26.4 Å². The first-order valence-corrected chi connectivity index (χ1v) is 27.0. The fourth-order valence-corrected chi connectivity index (χ4v) is 10.4. The summed E-state index contributed by atoms with van der Waals surface area (Å²) in [5, 5.41) is 1.48. The maximum absolute atomic E-state index is 12.4. The van der Waals surface area contributed by atoms with Gasteiger partial charge in [-0.2, -0.15) is 4.31 Å². The molecule has 4 atom stereocenters. The molecular weight excluding hydrogens is 944 g/mol. The zero-order valence-corrected chi connectivity index (χ0v) is 42.3. The van der Waals surface area contributed by atoms with Crippen LogP contribution in [0.2, 0.25) is 10.0 Å². The maximum atomic E-state index is 12.4. The summed E-state index contributed by atoms with van der Waals surface area (Å²) in [5.41, 5.74) is 2.49. The lowest BCUT2D eigenvalue weighted by atomic mass is 9.87. The monoisotopic (exact) mass is 1010 g/mol. The van der Waals surface area contributed by atoms with Crippen LogP contribution in [-0.2, 0) is 41.4 Å². The molecule has 6 rings (SSSR count). The predicted octanol–water partition coefficient (Wildman–Crippen LogP) is 8.38. The van der Waals surface area contributed by atoms with Gasteiger partial charge < -0.3 is 19.3 Å². The van der Waals surface area contributed by atoms with Gasteiger partial charge in [-0.3, -0.25) is 9.80 Å². The number of likely N-dealkylation sites (tertiary alicyclic amines) is 3. The van der Waals surface area contributed by atoms with Crippen LogP contribution in [-0.4, -0.2) is 155 Å². The van der Waals surface area contributed by atoms with Crippen LogP contribution in [0.15, 0.2) is 73.8 Å². The van der Waals surface area contributed by atoms with Crippen molar-refractivity contribution in [3.63, 3.8) is 0 Å². The summed E-state index contributed by atoms with van der Waals surface area (Å²) in [5.74, 6) is 0.738. The third kappa shape index (κ3) is 18.6. The summed E-state index contributed by atoms with van der Waals surface area (Å²) < 4.78 is 55.5. The molecule has 4 aliphatic rings. The summed E-state index contributed by atoms with van der Waals surface area (Å²) in [6.07, 6.45) is 13.0. The number of carbonyl (C=O) groups excluding carboxylic acids is 2. The van der Waals surface area contributed by atoms with E-state index in [0.29, 0.717) is 49.3 Å². The molecule has 360 valence electrons. The number of piperidine rings is 3. The van der Waals surface area contributed by atoms with Gasteiger partial charge in [-0.05, 0) is 99.6 Å².